The molecule has 0 unspecified atom stereocenters. The van der Waals surface area contributed by atoms with Crippen molar-refractivity contribution in [1.29, 1.82) is 0 Å². The molecule has 0 saturated heterocycles. The highest BCUT2D eigenvalue weighted by Crippen LogP contribution is 2.28. The molecule has 1 aromatic carbocycles. The monoisotopic (exact) mass is 258 g/mol. The number of ether oxygens (including phenoxy) is 1. The Morgan fingerprint density at radius 3 is 2.42 bits per heavy atom. The van der Waals surface area contributed by atoms with Crippen LogP contribution in [-0.2, 0) is 0 Å². The van der Waals surface area contributed by atoms with Crippen LogP contribution in [0.25, 0.3) is 0 Å². The quantitative estimate of drug-likeness (QED) is 0.912. The van der Waals surface area contributed by atoms with Crippen LogP contribution in [0.2, 0.25) is 0 Å². The molecule has 1 heterocycles. The number of carboxylic acid groups (broad SMARTS) is 1. The fourth-order valence-corrected chi connectivity index (χ4v) is 1.63. The molecule has 0 atom stereocenters. The summed E-state index contributed by atoms with van der Waals surface area (Å²) < 4.78 is 5.59. The first-order valence-electron chi connectivity index (χ1n) is 5.90. The predicted octanol–water partition coefficient (Wildman–Crippen LogP) is 3.09. The average molecular weight is 258 g/mol. The first-order valence-corrected chi connectivity index (χ1v) is 5.90. The smallest absolute Gasteiger partial charge is 0.338 e. The van der Waals surface area contributed by atoms with E-state index in [1.54, 1.807) is 0 Å². The van der Waals surface area contributed by atoms with Gasteiger partial charge in [-0.15, -0.1) is 0 Å². The molecule has 1 aromatic heterocycles. The Bertz CT molecular complexity index is 579. The molecule has 2 rings (SSSR count). The maximum absolute atomic E-state index is 10.7. The SMILES string of the molecule is CC(C)c1ccccc1Oc1ncc(C(=O)O)cn1. The Balaban J connectivity index is 2.24. The van der Waals surface area contributed by atoms with Crippen molar-refractivity contribution in [1.82, 2.24) is 9.97 Å². The van der Waals surface area contributed by atoms with Crippen LogP contribution in [0.5, 0.6) is 11.8 Å². The van der Waals surface area contributed by atoms with E-state index in [-0.39, 0.29) is 11.6 Å². The van der Waals surface area contributed by atoms with Crippen molar-refractivity contribution in [3.63, 3.8) is 0 Å². The summed E-state index contributed by atoms with van der Waals surface area (Å²) in [6.45, 7) is 4.13. The number of carboxylic acids is 1. The number of benzene rings is 1. The Kier molecular flexibility index (Phi) is 3.75. The molecule has 0 aliphatic rings. The van der Waals surface area contributed by atoms with Gasteiger partial charge in [-0.05, 0) is 17.5 Å². The minimum Gasteiger partial charge on any atom is -0.478 e. The summed E-state index contributed by atoms with van der Waals surface area (Å²) in [7, 11) is 0. The van der Waals surface area contributed by atoms with Gasteiger partial charge in [0.15, 0.2) is 0 Å². The zero-order chi connectivity index (χ0) is 13.8. The first-order chi connectivity index (χ1) is 9.08. The van der Waals surface area contributed by atoms with Crippen LogP contribution < -0.4 is 4.74 Å². The number of aromatic nitrogens is 2. The molecule has 0 bridgehead atoms. The van der Waals surface area contributed by atoms with Crippen molar-refractivity contribution in [2.24, 2.45) is 0 Å². The number of rotatable bonds is 4. The van der Waals surface area contributed by atoms with Crippen LogP contribution in [0.1, 0.15) is 35.7 Å². The highest BCUT2D eigenvalue weighted by molar-refractivity contribution is 5.86. The van der Waals surface area contributed by atoms with Crippen molar-refractivity contribution >= 4 is 5.97 Å². The Morgan fingerprint density at radius 1 is 1.21 bits per heavy atom. The molecule has 1 N–H and O–H groups in total. The van der Waals surface area contributed by atoms with Gasteiger partial charge in [0.2, 0.25) is 0 Å². The van der Waals surface area contributed by atoms with Crippen molar-refractivity contribution in [3.8, 4) is 11.8 Å². The number of hydrogen-bond donors (Lipinski definition) is 1. The van der Waals surface area contributed by atoms with Gasteiger partial charge >= 0.3 is 12.0 Å². The first kappa shape index (κ1) is 13.0. The lowest BCUT2D eigenvalue weighted by Gasteiger charge is -2.12. The Morgan fingerprint density at radius 2 is 1.84 bits per heavy atom. The van der Waals surface area contributed by atoms with Crippen LogP contribution in [0.3, 0.4) is 0 Å². The molecule has 19 heavy (non-hydrogen) atoms. The average Bonchev–Trinajstić information content (AvgIpc) is 2.39. The van der Waals surface area contributed by atoms with E-state index in [4.69, 9.17) is 9.84 Å². The topological polar surface area (TPSA) is 72.3 Å². The van der Waals surface area contributed by atoms with Crippen molar-refractivity contribution in [2.75, 3.05) is 0 Å². The lowest BCUT2D eigenvalue weighted by Crippen LogP contribution is -2.01. The van der Waals surface area contributed by atoms with E-state index in [0.29, 0.717) is 11.7 Å². The standard InChI is InChI=1S/C14H14N2O3/c1-9(2)11-5-3-4-6-12(11)19-14-15-7-10(8-16-14)13(17)18/h3-9H,1-2H3,(H,17,18). The molecule has 0 aliphatic heterocycles. The summed E-state index contributed by atoms with van der Waals surface area (Å²) in [5.41, 5.74) is 1.08. The molecule has 0 radical (unpaired) electrons. The summed E-state index contributed by atoms with van der Waals surface area (Å²) in [4.78, 5) is 18.5. The molecule has 0 aliphatic carbocycles. The summed E-state index contributed by atoms with van der Waals surface area (Å²) in [6, 6.07) is 7.76. The van der Waals surface area contributed by atoms with Gasteiger partial charge in [-0.25, -0.2) is 14.8 Å². The minimum absolute atomic E-state index is 0.0319. The zero-order valence-corrected chi connectivity index (χ0v) is 10.7. The van der Waals surface area contributed by atoms with E-state index in [9.17, 15) is 4.79 Å². The summed E-state index contributed by atoms with van der Waals surface area (Å²) >= 11 is 0. The predicted molar refractivity (Wildman–Crippen MR) is 69.6 cm³/mol. The number of para-hydroxylation sites is 1. The third kappa shape index (κ3) is 3.07. The summed E-state index contributed by atoms with van der Waals surface area (Å²) in [5, 5.41) is 8.76. The second kappa shape index (κ2) is 5.48. The van der Waals surface area contributed by atoms with Crippen LogP contribution >= 0.6 is 0 Å². The minimum atomic E-state index is -1.06. The van der Waals surface area contributed by atoms with Gasteiger partial charge in [0.25, 0.3) is 0 Å². The third-order valence-corrected chi connectivity index (χ3v) is 2.62. The lowest BCUT2D eigenvalue weighted by atomic mass is 10.0. The normalized spacial score (nSPS) is 10.5. The highest BCUT2D eigenvalue weighted by Gasteiger charge is 2.10. The Hall–Kier alpha value is -2.43. The van der Waals surface area contributed by atoms with Gasteiger partial charge in [0.1, 0.15) is 5.75 Å². The van der Waals surface area contributed by atoms with E-state index in [1.165, 1.54) is 12.4 Å². The Labute approximate surface area is 110 Å². The van der Waals surface area contributed by atoms with E-state index >= 15 is 0 Å². The maximum Gasteiger partial charge on any atom is 0.338 e. The maximum atomic E-state index is 10.7. The van der Waals surface area contributed by atoms with Crippen LogP contribution in [0.4, 0.5) is 0 Å². The van der Waals surface area contributed by atoms with Gasteiger partial charge in [-0.3, -0.25) is 0 Å². The van der Waals surface area contributed by atoms with Crippen LogP contribution in [0.15, 0.2) is 36.7 Å². The highest BCUT2D eigenvalue weighted by atomic mass is 16.5. The fourth-order valence-electron chi connectivity index (χ4n) is 1.63. The van der Waals surface area contributed by atoms with Gasteiger partial charge in [0.05, 0.1) is 5.56 Å². The van der Waals surface area contributed by atoms with Gasteiger partial charge in [0, 0.05) is 12.4 Å². The van der Waals surface area contributed by atoms with E-state index in [0.717, 1.165) is 5.56 Å². The van der Waals surface area contributed by atoms with Crippen molar-refractivity contribution in [2.45, 2.75) is 19.8 Å². The molecule has 98 valence electrons. The summed E-state index contributed by atoms with van der Waals surface area (Å²) in [6.07, 6.45) is 2.45. The summed E-state index contributed by atoms with van der Waals surface area (Å²) in [5.74, 6) is -0.0656. The third-order valence-electron chi connectivity index (χ3n) is 2.62. The fraction of sp³-hybridized carbons (Fsp3) is 0.214. The lowest BCUT2D eigenvalue weighted by molar-refractivity contribution is 0.0696. The number of nitrogens with zero attached hydrogens (tertiary/aromatic N) is 2. The largest absolute Gasteiger partial charge is 0.478 e. The van der Waals surface area contributed by atoms with E-state index in [2.05, 4.69) is 23.8 Å². The van der Waals surface area contributed by atoms with Gasteiger partial charge < -0.3 is 9.84 Å². The molecule has 0 saturated carbocycles. The van der Waals surface area contributed by atoms with Gasteiger partial charge in [-0.1, -0.05) is 32.0 Å². The second-order valence-corrected chi connectivity index (χ2v) is 4.35. The molecule has 5 heteroatoms. The molecule has 0 fully saturated rings. The van der Waals surface area contributed by atoms with Gasteiger partial charge in [-0.2, -0.15) is 0 Å². The molecular formula is C14H14N2O3. The van der Waals surface area contributed by atoms with Crippen molar-refractivity contribution in [3.05, 3.63) is 47.8 Å². The zero-order valence-electron chi connectivity index (χ0n) is 10.7. The van der Waals surface area contributed by atoms with E-state index in [1.807, 2.05) is 24.3 Å². The van der Waals surface area contributed by atoms with Crippen LogP contribution in [-0.4, -0.2) is 21.0 Å². The second-order valence-electron chi connectivity index (χ2n) is 4.35. The molecule has 0 spiro atoms. The molecule has 2 aromatic rings. The van der Waals surface area contributed by atoms with Crippen molar-refractivity contribution < 1.29 is 14.6 Å². The number of hydrogen-bond acceptors (Lipinski definition) is 4. The number of aromatic carboxylic acids is 1. The number of carbonyl (C=O) groups is 1. The van der Waals surface area contributed by atoms with Crippen LogP contribution in [0, 0.1) is 0 Å². The molecular weight excluding hydrogens is 244 g/mol. The molecule has 0 amide bonds. The van der Waals surface area contributed by atoms with E-state index < -0.39 is 5.97 Å². The molecule has 5 nitrogen and oxygen atoms in total.